The van der Waals surface area contributed by atoms with Crippen LogP contribution in [-0.4, -0.2) is 22.6 Å². The molecule has 72 valence electrons. The van der Waals surface area contributed by atoms with E-state index in [1.807, 2.05) is 0 Å². The second-order valence-corrected chi connectivity index (χ2v) is 2.76. The molecule has 0 saturated carbocycles. The van der Waals surface area contributed by atoms with Gasteiger partial charge in [-0.25, -0.2) is 4.98 Å². The maximum Gasteiger partial charge on any atom is 0.293 e. The minimum atomic E-state index is -0.112. The van der Waals surface area contributed by atoms with Gasteiger partial charge in [0.25, 0.3) is 5.56 Å². The van der Waals surface area contributed by atoms with Crippen molar-refractivity contribution in [2.75, 3.05) is 18.4 Å². The second kappa shape index (κ2) is 4.61. The van der Waals surface area contributed by atoms with Crippen molar-refractivity contribution >= 4 is 5.82 Å². The fourth-order valence-corrected chi connectivity index (χ4v) is 0.928. The third kappa shape index (κ3) is 2.55. The van der Waals surface area contributed by atoms with Crippen molar-refractivity contribution in [3.05, 3.63) is 22.7 Å². The van der Waals surface area contributed by atoms with Crippen molar-refractivity contribution < 1.29 is 0 Å². The van der Waals surface area contributed by atoms with Crippen LogP contribution in [0.4, 0.5) is 5.82 Å². The van der Waals surface area contributed by atoms with Crippen LogP contribution in [0.15, 0.2) is 17.2 Å². The first-order valence-corrected chi connectivity index (χ1v) is 4.21. The highest BCUT2D eigenvalue weighted by Gasteiger charge is 1.99. The number of rotatable bonds is 4. The Hall–Kier alpha value is -1.36. The van der Waals surface area contributed by atoms with Gasteiger partial charge in [-0.05, 0) is 13.0 Å². The summed E-state index contributed by atoms with van der Waals surface area (Å²) in [4.78, 5) is 15.3. The molecule has 0 unspecified atom stereocenters. The van der Waals surface area contributed by atoms with E-state index in [9.17, 15) is 4.79 Å². The number of hydrogen-bond acceptors (Lipinski definition) is 4. The van der Waals surface area contributed by atoms with Gasteiger partial charge in [-0.3, -0.25) is 4.79 Å². The lowest BCUT2D eigenvalue weighted by atomic mass is 10.4. The van der Waals surface area contributed by atoms with Gasteiger partial charge in [0.1, 0.15) is 0 Å². The summed E-state index contributed by atoms with van der Waals surface area (Å²) in [7, 11) is 1.69. The van der Waals surface area contributed by atoms with Gasteiger partial charge in [0, 0.05) is 26.0 Å². The molecular weight excluding hydrogens is 168 g/mol. The highest BCUT2D eigenvalue weighted by molar-refractivity contribution is 5.30. The first kappa shape index (κ1) is 9.73. The van der Waals surface area contributed by atoms with E-state index in [1.165, 1.54) is 4.57 Å². The predicted molar refractivity (Wildman–Crippen MR) is 51.6 cm³/mol. The largest absolute Gasteiger partial charge is 0.365 e. The molecule has 1 aromatic rings. The van der Waals surface area contributed by atoms with Gasteiger partial charge in [-0.2, -0.15) is 0 Å². The van der Waals surface area contributed by atoms with Gasteiger partial charge < -0.3 is 15.6 Å². The van der Waals surface area contributed by atoms with Gasteiger partial charge >= 0.3 is 0 Å². The van der Waals surface area contributed by atoms with Gasteiger partial charge in [-0.15, -0.1) is 0 Å². The minimum absolute atomic E-state index is 0.112. The van der Waals surface area contributed by atoms with Crippen LogP contribution < -0.4 is 16.6 Å². The third-order valence-corrected chi connectivity index (χ3v) is 1.69. The molecule has 0 radical (unpaired) electrons. The number of aromatic nitrogens is 2. The number of nitrogens with zero attached hydrogens (tertiary/aromatic N) is 2. The summed E-state index contributed by atoms with van der Waals surface area (Å²) in [5, 5.41) is 2.93. The predicted octanol–water partition coefficient (Wildman–Crippen LogP) is -0.459. The minimum Gasteiger partial charge on any atom is -0.365 e. The summed E-state index contributed by atoms with van der Waals surface area (Å²) in [6.07, 6.45) is 4.04. The highest BCUT2D eigenvalue weighted by atomic mass is 16.1. The topological polar surface area (TPSA) is 72.9 Å². The van der Waals surface area contributed by atoms with Crippen LogP contribution in [0.5, 0.6) is 0 Å². The van der Waals surface area contributed by atoms with Crippen molar-refractivity contribution in [2.45, 2.75) is 6.42 Å². The molecule has 0 fully saturated rings. The molecule has 0 saturated heterocycles. The average Bonchev–Trinajstić information content (AvgIpc) is 2.13. The van der Waals surface area contributed by atoms with Crippen LogP contribution in [0.3, 0.4) is 0 Å². The maximum atomic E-state index is 11.4. The Bertz CT molecular complexity index is 320. The Labute approximate surface area is 76.6 Å². The summed E-state index contributed by atoms with van der Waals surface area (Å²) < 4.78 is 1.48. The molecule has 0 aliphatic carbocycles. The van der Waals surface area contributed by atoms with E-state index in [4.69, 9.17) is 5.73 Å². The average molecular weight is 182 g/mol. The summed E-state index contributed by atoms with van der Waals surface area (Å²) in [5.41, 5.74) is 5.21. The molecule has 0 amide bonds. The zero-order valence-electron chi connectivity index (χ0n) is 7.66. The molecule has 5 nitrogen and oxygen atoms in total. The third-order valence-electron chi connectivity index (χ3n) is 1.69. The van der Waals surface area contributed by atoms with Crippen molar-refractivity contribution in [1.82, 2.24) is 9.55 Å². The van der Waals surface area contributed by atoms with E-state index < -0.39 is 0 Å². The first-order chi connectivity index (χ1) is 6.25. The Morgan fingerprint density at radius 1 is 1.69 bits per heavy atom. The number of hydrogen-bond donors (Lipinski definition) is 2. The number of nitrogens with two attached hydrogens (primary N) is 1. The highest BCUT2D eigenvalue weighted by Crippen LogP contribution is 1.90. The first-order valence-electron chi connectivity index (χ1n) is 4.21. The lowest BCUT2D eigenvalue weighted by Crippen LogP contribution is -2.23. The number of nitrogens with one attached hydrogen (secondary N) is 1. The smallest absolute Gasteiger partial charge is 0.293 e. The van der Waals surface area contributed by atoms with Crippen LogP contribution in [-0.2, 0) is 7.05 Å². The van der Waals surface area contributed by atoms with Gasteiger partial charge in [0.2, 0.25) is 0 Å². The Kier molecular flexibility index (Phi) is 3.45. The van der Waals surface area contributed by atoms with Gasteiger partial charge in [0.15, 0.2) is 5.82 Å². The number of aryl methyl sites for hydroxylation is 1. The zero-order valence-corrected chi connectivity index (χ0v) is 7.66. The summed E-state index contributed by atoms with van der Waals surface area (Å²) in [5.74, 6) is 0.387. The van der Waals surface area contributed by atoms with Gasteiger partial charge in [-0.1, -0.05) is 0 Å². The van der Waals surface area contributed by atoms with Crippen molar-refractivity contribution in [3.8, 4) is 0 Å². The van der Waals surface area contributed by atoms with Crippen molar-refractivity contribution in [2.24, 2.45) is 12.8 Å². The van der Waals surface area contributed by atoms with Crippen molar-refractivity contribution in [1.29, 1.82) is 0 Å². The molecule has 0 aromatic carbocycles. The molecule has 0 aliphatic heterocycles. The van der Waals surface area contributed by atoms with Gasteiger partial charge in [0.05, 0.1) is 0 Å². The van der Waals surface area contributed by atoms with E-state index in [0.29, 0.717) is 18.9 Å². The monoisotopic (exact) mass is 182 g/mol. The van der Waals surface area contributed by atoms with E-state index in [-0.39, 0.29) is 5.56 Å². The SMILES string of the molecule is Cn1ccnc(NCCCN)c1=O. The molecule has 13 heavy (non-hydrogen) atoms. The summed E-state index contributed by atoms with van der Waals surface area (Å²) in [6, 6.07) is 0. The van der Waals surface area contributed by atoms with Crippen molar-refractivity contribution in [3.63, 3.8) is 0 Å². The van der Waals surface area contributed by atoms with E-state index in [0.717, 1.165) is 6.42 Å². The molecule has 0 spiro atoms. The van der Waals surface area contributed by atoms with E-state index >= 15 is 0 Å². The van der Waals surface area contributed by atoms with E-state index in [2.05, 4.69) is 10.3 Å². The Balaban J connectivity index is 2.67. The Morgan fingerprint density at radius 2 is 2.46 bits per heavy atom. The lowest BCUT2D eigenvalue weighted by Gasteiger charge is -2.04. The van der Waals surface area contributed by atoms with Crippen LogP contribution in [0.2, 0.25) is 0 Å². The normalized spacial score (nSPS) is 10.0. The molecule has 1 heterocycles. The molecule has 5 heteroatoms. The standard InChI is InChI=1S/C8H14N4O/c1-12-6-5-11-7(8(12)13)10-4-2-3-9/h5-6H,2-4,9H2,1H3,(H,10,11). The molecule has 0 atom stereocenters. The summed E-state index contributed by atoms with van der Waals surface area (Å²) >= 11 is 0. The zero-order chi connectivity index (χ0) is 9.68. The molecule has 0 bridgehead atoms. The summed E-state index contributed by atoms with van der Waals surface area (Å²) in [6.45, 7) is 1.29. The molecule has 3 N–H and O–H groups in total. The van der Waals surface area contributed by atoms with Crippen LogP contribution in [0, 0.1) is 0 Å². The second-order valence-electron chi connectivity index (χ2n) is 2.76. The number of anilines is 1. The quantitative estimate of drug-likeness (QED) is 0.618. The molecule has 1 rings (SSSR count). The van der Waals surface area contributed by atoms with E-state index in [1.54, 1.807) is 19.4 Å². The fraction of sp³-hybridized carbons (Fsp3) is 0.500. The molecular formula is C8H14N4O. The maximum absolute atomic E-state index is 11.4. The van der Waals surface area contributed by atoms with Crippen LogP contribution >= 0.6 is 0 Å². The fourth-order valence-electron chi connectivity index (χ4n) is 0.928. The lowest BCUT2D eigenvalue weighted by molar-refractivity contribution is 0.825. The molecule has 1 aromatic heterocycles. The van der Waals surface area contributed by atoms with Crippen LogP contribution in [0.1, 0.15) is 6.42 Å². The van der Waals surface area contributed by atoms with Crippen LogP contribution in [0.25, 0.3) is 0 Å². The Morgan fingerprint density at radius 3 is 3.15 bits per heavy atom. The molecule has 0 aliphatic rings.